The van der Waals surface area contributed by atoms with Crippen molar-refractivity contribution in [1.29, 1.82) is 0 Å². The SMILES string of the molecule is CCCCCCCCCCCCCCCCCCCCCCCCCCCCCCCCCCCCCCC[P+](C)(C)C. The normalized spacial score (nSPS) is 12.0. The van der Waals surface area contributed by atoms with Gasteiger partial charge in [0, 0.05) is 27.3 Å². The summed E-state index contributed by atoms with van der Waals surface area (Å²) >= 11 is 0. The zero-order valence-electron chi connectivity index (χ0n) is 31.3. The molecule has 0 unspecified atom stereocenters. The first-order valence-corrected chi connectivity index (χ1v) is 24.2. The lowest BCUT2D eigenvalue weighted by Gasteiger charge is -2.10. The number of hydrogen-bond donors (Lipinski definition) is 0. The van der Waals surface area contributed by atoms with E-state index in [9.17, 15) is 0 Å². The van der Waals surface area contributed by atoms with Crippen molar-refractivity contribution < 1.29 is 0 Å². The monoisotopic (exact) mass is 624 g/mol. The molecule has 0 nitrogen and oxygen atoms in total. The highest BCUT2D eigenvalue weighted by atomic mass is 31.2. The van der Waals surface area contributed by atoms with E-state index in [4.69, 9.17) is 0 Å². The van der Waals surface area contributed by atoms with Crippen LogP contribution in [0, 0.1) is 0 Å². The highest BCUT2D eigenvalue weighted by molar-refractivity contribution is 7.73. The van der Waals surface area contributed by atoms with Crippen LogP contribution in [-0.4, -0.2) is 26.2 Å². The summed E-state index contributed by atoms with van der Waals surface area (Å²) in [5.74, 6) is 0. The standard InChI is InChI=1S/C42H88P/c1-5-6-7-8-9-10-11-12-13-14-15-16-17-18-19-20-21-22-23-24-25-26-27-28-29-30-31-32-33-34-35-36-37-38-39-40-41-42-43(2,3)4/h5-42H2,1-4H3/q+1. The second-order valence-electron chi connectivity index (χ2n) is 15.7. The third-order valence-electron chi connectivity index (χ3n) is 9.93. The lowest BCUT2D eigenvalue weighted by Crippen LogP contribution is -1.93. The molecule has 0 bridgehead atoms. The third kappa shape index (κ3) is 42.4. The van der Waals surface area contributed by atoms with Gasteiger partial charge in [-0.1, -0.05) is 232 Å². The smallest absolute Gasteiger partial charge is 0.0586 e. The average molecular weight is 624 g/mol. The van der Waals surface area contributed by atoms with E-state index < -0.39 is 7.26 Å². The van der Waals surface area contributed by atoms with Crippen LogP contribution < -0.4 is 0 Å². The highest BCUT2D eigenvalue weighted by Gasteiger charge is 2.15. The summed E-state index contributed by atoms with van der Waals surface area (Å²) in [7, 11) is -0.521. The maximum absolute atomic E-state index is 2.48. The molecule has 0 aliphatic carbocycles. The number of unbranched alkanes of at least 4 members (excludes halogenated alkanes) is 36. The van der Waals surface area contributed by atoms with Gasteiger partial charge in [0.1, 0.15) is 0 Å². The minimum Gasteiger partial charge on any atom is -0.0654 e. The van der Waals surface area contributed by atoms with Gasteiger partial charge in [0.15, 0.2) is 0 Å². The first-order valence-electron chi connectivity index (χ1n) is 20.9. The molecular formula is C42H88P+. The highest BCUT2D eigenvalue weighted by Crippen LogP contribution is 2.47. The molecule has 0 aliphatic heterocycles. The van der Waals surface area contributed by atoms with Gasteiger partial charge in [0.2, 0.25) is 0 Å². The minimum absolute atomic E-state index is 0.521. The van der Waals surface area contributed by atoms with Gasteiger partial charge in [0.05, 0.1) is 6.16 Å². The van der Waals surface area contributed by atoms with Crippen LogP contribution in [0.5, 0.6) is 0 Å². The summed E-state index contributed by atoms with van der Waals surface area (Å²) in [6.45, 7) is 9.76. The molecule has 1 heteroatoms. The molecule has 0 saturated carbocycles. The van der Waals surface area contributed by atoms with E-state index in [-0.39, 0.29) is 0 Å². The van der Waals surface area contributed by atoms with Crippen molar-refractivity contribution in [1.82, 2.24) is 0 Å². The average Bonchev–Trinajstić information content (AvgIpc) is 2.98. The number of hydrogen-bond acceptors (Lipinski definition) is 0. The molecule has 0 aromatic carbocycles. The van der Waals surface area contributed by atoms with E-state index in [1.165, 1.54) is 244 Å². The quantitative estimate of drug-likeness (QED) is 0.0474. The fourth-order valence-corrected chi connectivity index (χ4v) is 8.02. The summed E-state index contributed by atoms with van der Waals surface area (Å²) in [5, 5.41) is 0. The molecule has 0 N–H and O–H groups in total. The molecule has 0 heterocycles. The van der Waals surface area contributed by atoms with E-state index in [1.54, 1.807) is 0 Å². The summed E-state index contributed by atoms with van der Waals surface area (Å²) < 4.78 is 0. The fourth-order valence-electron chi connectivity index (χ4n) is 6.85. The van der Waals surface area contributed by atoms with Crippen molar-refractivity contribution in [2.24, 2.45) is 0 Å². The molecule has 0 atom stereocenters. The molecule has 0 rings (SSSR count). The Morgan fingerprint density at radius 2 is 0.349 bits per heavy atom. The van der Waals surface area contributed by atoms with Crippen LogP contribution in [0.15, 0.2) is 0 Å². The second kappa shape index (κ2) is 36.9. The molecule has 0 aromatic heterocycles. The molecule has 0 radical (unpaired) electrons. The van der Waals surface area contributed by atoms with Gasteiger partial charge in [0.25, 0.3) is 0 Å². The van der Waals surface area contributed by atoms with Gasteiger partial charge in [-0.05, 0) is 12.8 Å². The first kappa shape index (κ1) is 43.4. The van der Waals surface area contributed by atoms with Gasteiger partial charge < -0.3 is 0 Å². The van der Waals surface area contributed by atoms with Crippen LogP contribution in [0.25, 0.3) is 0 Å². The largest absolute Gasteiger partial charge is 0.0654 e. The topological polar surface area (TPSA) is 0 Å². The summed E-state index contributed by atoms with van der Waals surface area (Å²) in [4.78, 5) is 0. The van der Waals surface area contributed by atoms with Crippen LogP contribution in [0.3, 0.4) is 0 Å². The molecule has 0 fully saturated rings. The van der Waals surface area contributed by atoms with E-state index in [0.717, 1.165) is 0 Å². The molecule has 260 valence electrons. The van der Waals surface area contributed by atoms with Crippen LogP contribution in [-0.2, 0) is 0 Å². The second-order valence-corrected chi connectivity index (χ2v) is 20.8. The van der Waals surface area contributed by atoms with Crippen molar-refractivity contribution in [3.05, 3.63) is 0 Å². The van der Waals surface area contributed by atoms with Crippen molar-refractivity contribution >= 4 is 7.26 Å². The van der Waals surface area contributed by atoms with Crippen molar-refractivity contribution in [3.63, 3.8) is 0 Å². The fraction of sp³-hybridized carbons (Fsp3) is 1.00. The van der Waals surface area contributed by atoms with Gasteiger partial charge in [-0.15, -0.1) is 0 Å². The molecule has 0 aliphatic rings. The van der Waals surface area contributed by atoms with Crippen LogP contribution >= 0.6 is 7.26 Å². The Morgan fingerprint density at radius 1 is 0.209 bits per heavy atom. The Labute approximate surface area is 277 Å². The maximum atomic E-state index is 2.48. The summed E-state index contributed by atoms with van der Waals surface area (Å²) in [6, 6.07) is 0. The van der Waals surface area contributed by atoms with E-state index in [2.05, 4.69) is 26.9 Å². The minimum atomic E-state index is -0.521. The molecule has 0 aromatic rings. The zero-order valence-corrected chi connectivity index (χ0v) is 32.2. The van der Waals surface area contributed by atoms with Crippen molar-refractivity contribution in [2.75, 3.05) is 26.2 Å². The molecule has 0 saturated heterocycles. The van der Waals surface area contributed by atoms with Gasteiger partial charge in [-0.25, -0.2) is 0 Å². The van der Waals surface area contributed by atoms with Gasteiger partial charge in [-0.3, -0.25) is 0 Å². The number of rotatable bonds is 38. The van der Waals surface area contributed by atoms with Gasteiger partial charge in [-0.2, -0.15) is 0 Å². The Kier molecular flexibility index (Phi) is 37.3. The summed E-state index contributed by atoms with van der Waals surface area (Å²) in [6.07, 6.45) is 56.6. The zero-order chi connectivity index (χ0) is 31.4. The lowest BCUT2D eigenvalue weighted by atomic mass is 10.0. The lowest BCUT2D eigenvalue weighted by molar-refractivity contribution is 0.510. The Bertz CT molecular complexity index is 478. The Morgan fingerprint density at radius 3 is 0.488 bits per heavy atom. The van der Waals surface area contributed by atoms with E-state index >= 15 is 0 Å². The van der Waals surface area contributed by atoms with Crippen LogP contribution in [0.2, 0.25) is 0 Å². The Hall–Kier alpha value is 0.430. The molecular weight excluding hydrogens is 535 g/mol. The third-order valence-corrected chi connectivity index (χ3v) is 11.6. The van der Waals surface area contributed by atoms with Gasteiger partial charge >= 0.3 is 0 Å². The Balaban J connectivity index is 3.05. The predicted octanol–water partition coefficient (Wildman–Crippen LogP) is 16.3. The predicted molar refractivity (Wildman–Crippen MR) is 206 cm³/mol. The van der Waals surface area contributed by atoms with Crippen LogP contribution in [0.4, 0.5) is 0 Å². The maximum Gasteiger partial charge on any atom is 0.0586 e. The first-order chi connectivity index (χ1) is 21.1. The summed E-state index contributed by atoms with van der Waals surface area (Å²) in [5.41, 5.74) is 0. The molecule has 43 heavy (non-hydrogen) atoms. The van der Waals surface area contributed by atoms with E-state index in [0.29, 0.717) is 0 Å². The van der Waals surface area contributed by atoms with Crippen LogP contribution in [0.1, 0.15) is 244 Å². The molecule has 0 spiro atoms. The van der Waals surface area contributed by atoms with Crippen molar-refractivity contribution in [2.45, 2.75) is 244 Å². The molecule has 0 amide bonds. The van der Waals surface area contributed by atoms with Crippen molar-refractivity contribution in [3.8, 4) is 0 Å². The van der Waals surface area contributed by atoms with E-state index in [1.807, 2.05) is 0 Å².